The molecule has 0 saturated heterocycles. The third-order valence-electron chi connectivity index (χ3n) is 2.66. The molecular weight excluding hydrogens is 306 g/mol. The van der Waals surface area contributed by atoms with Gasteiger partial charge in [0.2, 0.25) is 0 Å². The van der Waals surface area contributed by atoms with Crippen LogP contribution < -0.4 is 0 Å². The zero-order valence-electron chi connectivity index (χ0n) is 9.51. The summed E-state index contributed by atoms with van der Waals surface area (Å²) in [6.45, 7) is 0. The molecule has 88 valence electrons. The molecule has 0 atom stereocenters. The zero-order chi connectivity index (χ0) is 12.4. The molecule has 0 fully saturated rings. The molecule has 0 amide bonds. The van der Waals surface area contributed by atoms with Crippen LogP contribution in [0.1, 0.15) is 0 Å². The number of rotatable bonds is 2. The lowest BCUT2D eigenvalue weighted by atomic mass is 10.1. The topological polar surface area (TPSA) is 12.9 Å². The lowest BCUT2D eigenvalue weighted by Gasteiger charge is -2.04. The van der Waals surface area contributed by atoms with Crippen molar-refractivity contribution in [3.63, 3.8) is 0 Å². The van der Waals surface area contributed by atoms with Crippen molar-refractivity contribution in [3.05, 3.63) is 65.3 Å². The van der Waals surface area contributed by atoms with Crippen LogP contribution in [0.25, 0.3) is 10.8 Å². The molecule has 0 saturated carbocycles. The van der Waals surface area contributed by atoms with Crippen LogP contribution in [-0.2, 0) is 0 Å². The number of aromatic nitrogens is 1. The summed E-state index contributed by atoms with van der Waals surface area (Å²) in [7, 11) is 0. The molecular formula is C15H10BrNS. The fraction of sp³-hybridized carbons (Fsp3) is 0. The highest BCUT2D eigenvalue weighted by Crippen LogP contribution is 2.32. The number of pyridine rings is 1. The van der Waals surface area contributed by atoms with Gasteiger partial charge in [0.05, 0.1) is 4.47 Å². The Bertz CT molecular complexity index is 697. The Labute approximate surface area is 118 Å². The molecule has 0 spiro atoms. The smallest absolute Gasteiger partial charge is 0.115 e. The quantitative estimate of drug-likeness (QED) is 0.648. The fourth-order valence-electron chi connectivity index (χ4n) is 1.79. The molecule has 1 nitrogen and oxygen atoms in total. The Hall–Kier alpha value is -1.32. The van der Waals surface area contributed by atoms with E-state index < -0.39 is 0 Å². The number of halogens is 1. The summed E-state index contributed by atoms with van der Waals surface area (Å²) < 4.78 is 1.03. The first-order valence-corrected chi connectivity index (χ1v) is 7.21. The van der Waals surface area contributed by atoms with Gasteiger partial charge in [-0.05, 0) is 51.0 Å². The van der Waals surface area contributed by atoms with E-state index in [1.807, 2.05) is 18.3 Å². The first-order valence-electron chi connectivity index (χ1n) is 5.60. The highest BCUT2D eigenvalue weighted by atomic mass is 79.9. The number of hydrogen-bond acceptors (Lipinski definition) is 2. The van der Waals surface area contributed by atoms with Gasteiger partial charge in [-0.25, -0.2) is 4.98 Å². The second-order valence-corrected chi connectivity index (χ2v) is 5.82. The molecule has 18 heavy (non-hydrogen) atoms. The van der Waals surface area contributed by atoms with Crippen molar-refractivity contribution in [3.8, 4) is 0 Å². The van der Waals surface area contributed by atoms with Crippen LogP contribution in [-0.4, -0.2) is 4.98 Å². The molecule has 0 N–H and O–H groups in total. The Kier molecular flexibility index (Phi) is 3.35. The summed E-state index contributed by atoms with van der Waals surface area (Å²) in [6.07, 6.45) is 1.81. The minimum Gasteiger partial charge on any atom is -0.248 e. The van der Waals surface area contributed by atoms with Crippen molar-refractivity contribution in [2.75, 3.05) is 0 Å². The van der Waals surface area contributed by atoms with E-state index in [1.54, 1.807) is 11.8 Å². The third kappa shape index (κ3) is 2.42. The molecule has 0 aliphatic carbocycles. The molecule has 0 aliphatic heterocycles. The molecule has 3 heteroatoms. The molecule has 3 rings (SSSR count). The average molecular weight is 316 g/mol. The summed E-state index contributed by atoms with van der Waals surface area (Å²) in [5.41, 5.74) is 0. The van der Waals surface area contributed by atoms with Crippen molar-refractivity contribution >= 4 is 38.5 Å². The van der Waals surface area contributed by atoms with Crippen molar-refractivity contribution in [1.29, 1.82) is 0 Å². The van der Waals surface area contributed by atoms with Gasteiger partial charge in [0.25, 0.3) is 0 Å². The standard InChI is InChI=1S/C15H10BrNS/c16-14-6-3-9-17-15(14)18-13-8-7-11-4-1-2-5-12(11)10-13/h1-10H. The van der Waals surface area contributed by atoms with E-state index in [-0.39, 0.29) is 0 Å². The van der Waals surface area contributed by atoms with Gasteiger partial charge in [-0.2, -0.15) is 0 Å². The Balaban J connectivity index is 1.98. The van der Waals surface area contributed by atoms with Crippen LogP contribution in [0.3, 0.4) is 0 Å². The van der Waals surface area contributed by atoms with Gasteiger partial charge >= 0.3 is 0 Å². The van der Waals surface area contributed by atoms with Gasteiger partial charge in [0, 0.05) is 11.1 Å². The molecule has 0 aliphatic rings. The van der Waals surface area contributed by atoms with Crippen LogP contribution >= 0.6 is 27.7 Å². The SMILES string of the molecule is Brc1cccnc1Sc1ccc2ccccc2c1. The van der Waals surface area contributed by atoms with E-state index in [1.165, 1.54) is 15.7 Å². The van der Waals surface area contributed by atoms with Gasteiger partial charge < -0.3 is 0 Å². The first-order chi connectivity index (χ1) is 8.83. The van der Waals surface area contributed by atoms with Crippen LogP contribution in [0.15, 0.2) is 75.2 Å². The Morgan fingerprint density at radius 2 is 1.72 bits per heavy atom. The van der Waals surface area contributed by atoms with Crippen molar-refractivity contribution in [1.82, 2.24) is 4.98 Å². The maximum absolute atomic E-state index is 4.37. The summed E-state index contributed by atoms with van der Waals surface area (Å²) in [4.78, 5) is 5.57. The van der Waals surface area contributed by atoms with Crippen molar-refractivity contribution in [2.24, 2.45) is 0 Å². The summed E-state index contributed by atoms with van der Waals surface area (Å²) in [5.74, 6) is 0. The predicted octanol–water partition coefficient (Wildman–Crippen LogP) is 5.15. The fourth-order valence-corrected chi connectivity index (χ4v) is 3.11. The molecule has 1 aromatic heterocycles. The zero-order valence-corrected chi connectivity index (χ0v) is 11.9. The molecule has 0 unspecified atom stereocenters. The maximum atomic E-state index is 4.37. The Morgan fingerprint density at radius 1 is 0.889 bits per heavy atom. The molecule has 1 heterocycles. The van der Waals surface area contributed by atoms with Crippen LogP contribution in [0.4, 0.5) is 0 Å². The number of nitrogens with zero attached hydrogens (tertiary/aromatic N) is 1. The van der Waals surface area contributed by atoms with Gasteiger partial charge in [0.1, 0.15) is 5.03 Å². The van der Waals surface area contributed by atoms with Crippen LogP contribution in [0, 0.1) is 0 Å². The van der Waals surface area contributed by atoms with Crippen LogP contribution in [0.5, 0.6) is 0 Å². The van der Waals surface area contributed by atoms with Crippen molar-refractivity contribution in [2.45, 2.75) is 9.92 Å². The summed E-state index contributed by atoms with van der Waals surface area (Å²) in [6, 6.07) is 18.8. The highest BCUT2D eigenvalue weighted by Gasteiger charge is 2.03. The highest BCUT2D eigenvalue weighted by molar-refractivity contribution is 9.10. The lowest BCUT2D eigenvalue weighted by Crippen LogP contribution is -1.81. The Morgan fingerprint density at radius 3 is 2.56 bits per heavy atom. The normalized spacial score (nSPS) is 10.7. The third-order valence-corrected chi connectivity index (χ3v) is 4.57. The molecule has 2 aromatic carbocycles. The first kappa shape index (κ1) is 11.8. The van der Waals surface area contributed by atoms with Gasteiger partial charge in [-0.1, -0.05) is 42.1 Å². The largest absolute Gasteiger partial charge is 0.248 e. The summed E-state index contributed by atoms with van der Waals surface area (Å²) in [5, 5.41) is 3.52. The van der Waals surface area contributed by atoms with E-state index in [0.29, 0.717) is 0 Å². The van der Waals surface area contributed by atoms with E-state index in [4.69, 9.17) is 0 Å². The number of fused-ring (bicyclic) bond motifs is 1. The van der Waals surface area contributed by atoms with Crippen molar-refractivity contribution < 1.29 is 0 Å². The van der Waals surface area contributed by atoms with E-state index >= 15 is 0 Å². The average Bonchev–Trinajstić information content (AvgIpc) is 2.41. The number of benzene rings is 2. The van der Waals surface area contributed by atoms with E-state index in [2.05, 4.69) is 63.4 Å². The van der Waals surface area contributed by atoms with Gasteiger partial charge in [0.15, 0.2) is 0 Å². The van der Waals surface area contributed by atoms with Gasteiger partial charge in [-0.15, -0.1) is 0 Å². The molecule has 0 bridgehead atoms. The molecule has 0 radical (unpaired) electrons. The monoisotopic (exact) mass is 315 g/mol. The minimum absolute atomic E-state index is 0.993. The minimum atomic E-state index is 0.993. The van der Waals surface area contributed by atoms with E-state index in [0.717, 1.165) is 9.50 Å². The van der Waals surface area contributed by atoms with E-state index in [9.17, 15) is 0 Å². The maximum Gasteiger partial charge on any atom is 0.115 e. The summed E-state index contributed by atoms with van der Waals surface area (Å²) >= 11 is 5.19. The van der Waals surface area contributed by atoms with Gasteiger partial charge in [-0.3, -0.25) is 0 Å². The predicted molar refractivity (Wildman–Crippen MR) is 80.0 cm³/mol. The molecule has 3 aromatic rings. The second-order valence-electron chi connectivity index (χ2n) is 3.90. The second kappa shape index (κ2) is 5.12. The van der Waals surface area contributed by atoms with Crippen LogP contribution in [0.2, 0.25) is 0 Å². The lowest BCUT2D eigenvalue weighted by molar-refractivity contribution is 1.11. The number of hydrogen-bond donors (Lipinski definition) is 0.